The highest BCUT2D eigenvalue weighted by atomic mass is 16.5. The number of hydrogen-bond donors (Lipinski definition) is 0. The Morgan fingerprint density at radius 3 is 2.38 bits per heavy atom. The van der Waals surface area contributed by atoms with Crippen LogP contribution in [-0.2, 0) is 16.1 Å². The minimum Gasteiger partial charge on any atom is -0.385 e. The fourth-order valence-corrected chi connectivity index (χ4v) is 5.45. The smallest absolute Gasteiger partial charge is 0.226 e. The maximum Gasteiger partial charge on any atom is 0.226 e. The van der Waals surface area contributed by atoms with Crippen molar-refractivity contribution in [3.05, 3.63) is 77.5 Å². The summed E-state index contributed by atoms with van der Waals surface area (Å²) in [5.41, 5.74) is 4.45. The van der Waals surface area contributed by atoms with Gasteiger partial charge in [-0.05, 0) is 50.4 Å². The van der Waals surface area contributed by atoms with Crippen LogP contribution in [0.25, 0.3) is 5.69 Å². The number of rotatable bonds is 10. The van der Waals surface area contributed by atoms with Crippen LogP contribution in [0.1, 0.15) is 35.6 Å². The van der Waals surface area contributed by atoms with Gasteiger partial charge in [-0.2, -0.15) is 5.10 Å². The number of carbonyl (C=O) groups is 1. The molecular weight excluding hydrogens is 462 g/mol. The fourth-order valence-electron chi connectivity index (χ4n) is 5.45. The molecule has 0 N–H and O–H groups in total. The second kappa shape index (κ2) is 11.5. The average Bonchev–Trinajstić information content (AvgIpc) is 3.67. The quantitative estimate of drug-likeness (QED) is 0.392. The molecule has 1 unspecified atom stereocenters. The summed E-state index contributed by atoms with van der Waals surface area (Å²) < 4.78 is 7.42. The molecule has 1 saturated heterocycles. The van der Waals surface area contributed by atoms with Gasteiger partial charge in [-0.3, -0.25) is 4.79 Å². The van der Waals surface area contributed by atoms with Gasteiger partial charge in [-0.25, -0.2) is 4.68 Å². The van der Waals surface area contributed by atoms with Gasteiger partial charge in [-0.1, -0.05) is 48.5 Å². The zero-order valence-corrected chi connectivity index (χ0v) is 22.3. The molecule has 3 aromatic rings. The van der Waals surface area contributed by atoms with Crippen LogP contribution in [0, 0.1) is 12.8 Å². The predicted octanol–water partition coefficient (Wildman–Crippen LogP) is 4.10. The summed E-state index contributed by atoms with van der Waals surface area (Å²) in [6.45, 7) is 7.88. The lowest BCUT2D eigenvalue weighted by molar-refractivity contribution is -0.133. The van der Waals surface area contributed by atoms with Gasteiger partial charge in [0.1, 0.15) is 5.82 Å². The number of hydrogen-bond acceptors (Lipinski definition) is 5. The standard InChI is InChI=1S/C30H39N5O2/c1-23-28(29(33-18-16-32(2)17-19-33)35(31-23)25-13-8-5-9-14-25)22-34(15-10-20-37-3)30(36)27-21-26(27)24-11-6-4-7-12-24/h4-9,11-14,26-27H,10,15-22H2,1-3H3/t26-,27?/m0/s1. The highest BCUT2D eigenvalue weighted by Gasteiger charge is 2.45. The molecule has 1 aromatic heterocycles. The maximum atomic E-state index is 13.8. The fraction of sp³-hybridized carbons (Fsp3) is 0.467. The number of amides is 1. The molecule has 0 radical (unpaired) electrons. The number of likely N-dealkylation sites (N-methyl/N-ethyl adjacent to an activating group) is 1. The Labute approximate surface area is 220 Å². The first kappa shape index (κ1) is 25.5. The third kappa shape index (κ3) is 5.73. The highest BCUT2D eigenvalue weighted by Crippen LogP contribution is 2.48. The Morgan fingerprint density at radius 2 is 1.70 bits per heavy atom. The van der Waals surface area contributed by atoms with Crippen LogP contribution in [0.2, 0.25) is 0 Å². The third-order valence-corrected chi connectivity index (χ3v) is 7.73. The molecule has 0 bridgehead atoms. The Balaban J connectivity index is 1.45. The molecule has 2 aromatic carbocycles. The number of nitrogens with zero attached hydrogens (tertiary/aromatic N) is 5. The number of benzene rings is 2. The normalized spacial score (nSPS) is 19.7. The van der Waals surface area contributed by atoms with E-state index >= 15 is 0 Å². The molecule has 7 nitrogen and oxygen atoms in total. The number of aromatic nitrogens is 2. The van der Waals surface area contributed by atoms with E-state index in [1.165, 1.54) is 5.56 Å². The van der Waals surface area contributed by atoms with Crippen molar-refractivity contribution in [1.29, 1.82) is 0 Å². The molecule has 2 fully saturated rings. The summed E-state index contributed by atoms with van der Waals surface area (Å²) in [5.74, 6) is 1.75. The maximum absolute atomic E-state index is 13.8. The van der Waals surface area contributed by atoms with Gasteiger partial charge in [0.15, 0.2) is 0 Å². The zero-order valence-electron chi connectivity index (χ0n) is 22.3. The van der Waals surface area contributed by atoms with E-state index in [2.05, 4.69) is 81.9 Å². The lowest BCUT2D eigenvalue weighted by Crippen LogP contribution is -2.45. The Kier molecular flexibility index (Phi) is 7.91. The molecule has 2 heterocycles. The summed E-state index contributed by atoms with van der Waals surface area (Å²) in [6, 6.07) is 20.8. The Bertz CT molecular complexity index is 1170. The molecule has 7 heteroatoms. The van der Waals surface area contributed by atoms with E-state index in [9.17, 15) is 4.79 Å². The van der Waals surface area contributed by atoms with Gasteiger partial charge in [0, 0.05) is 57.9 Å². The SMILES string of the molecule is COCCCN(Cc1c(C)nn(-c2ccccc2)c1N1CCN(C)CC1)C(=O)C1C[C@H]1c1ccccc1. The van der Waals surface area contributed by atoms with E-state index in [0.29, 0.717) is 25.6 Å². The molecule has 0 spiro atoms. The molecule has 2 aliphatic rings. The second-order valence-electron chi connectivity index (χ2n) is 10.4. The van der Waals surface area contributed by atoms with Crippen LogP contribution < -0.4 is 4.90 Å². The predicted molar refractivity (Wildman–Crippen MR) is 147 cm³/mol. The zero-order chi connectivity index (χ0) is 25.8. The van der Waals surface area contributed by atoms with Crippen molar-refractivity contribution in [2.45, 2.75) is 32.2 Å². The summed E-state index contributed by atoms with van der Waals surface area (Å²) in [5, 5.41) is 5.01. The summed E-state index contributed by atoms with van der Waals surface area (Å²) in [4.78, 5) is 20.7. The first-order valence-corrected chi connectivity index (χ1v) is 13.5. The van der Waals surface area contributed by atoms with Crippen LogP contribution in [-0.4, -0.2) is 79.0 Å². The first-order chi connectivity index (χ1) is 18.1. The average molecular weight is 502 g/mol. The Morgan fingerprint density at radius 1 is 1.03 bits per heavy atom. The molecule has 1 aliphatic heterocycles. The minimum atomic E-state index is 0.0569. The van der Waals surface area contributed by atoms with E-state index in [1.54, 1.807) is 7.11 Å². The second-order valence-corrected chi connectivity index (χ2v) is 10.4. The number of ether oxygens (including phenoxy) is 1. The molecule has 1 saturated carbocycles. The van der Waals surface area contributed by atoms with Crippen molar-refractivity contribution in [3.63, 3.8) is 0 Å². The van der Waals surface area contributed by atoms with Crippen molar-refractivity contribution >= 4 is 11.7 Å². The number of aryl methyl sites for hydroxylation is 1. The van der Waals surface area contributed by atoms with E-state index < -0.39 is 0 Å². The molecule has 2 atom stereocenters. The van der Waals surface area contributed by atoms with Gasteiger partial charge in [0.05, 0.1) is 17.9 Å². The van der Waals surface area contributed by atoms with E-state index in [1.807, 2.05) is 12.1 Å². The lowest BCUT2D eigenvalue weighted by Gasteiger charge is -2.35. The molecule has 1 amide bonds. The van der Waals surface area contributed by atoms with E-state index in [4.69, 9.17) is 9.84 Å². The van der Waals surface area contributed by atoms with Crippen molar-refractivity contribution < 1.29 is 9.53 Å². The molecule has 196 valence electrons. The van der Waals surface area contributed by atoms with Crippen molar-refractivity contribution in [2.24, 2.45) is 5.92 Å². The monoisotopic (exact) mass is 501 g/mol. The Hall–Kier alpha value is -3.16. The number of anilines is 1. The number of piperazine rings is 1. The molecule has 1 aliphatic carbocycles. The van der Waals surface area contributed by atoms with Crippen LogP contribution in [0.3, 0.4) is 0 Å². The van der Waals surface area contributed by atoms with E-state index in [-0.39, 0.29) is 11.8 Å². The lowest BCUT2D eigenvalue weighted by atomic mass is 10.1. The molecule has 5 rings (SSSR count). The third-order valence-electron chi connectivity index (χ3n) is 7.73. The number of methoxy groups -OCH3 is 1. The van der Waals surface area contributed by atoms with Gasteiger partial charge < -0.3 is 19.4 Å². The van der Waals surface area contributed by atoms with Crippen LogP contribution >= 0.6 is 0 Å². The largest absolute Gasteiger partial charge is 0.385 e. The molecule has 37 heavy (non-hydrogen) atoms. The summed E-state index contributed by atoms with van der Waals surface area (Å²) >= 11 is 0. The summed E-state index contributed by atoms with van der Waals surface area (Å²) in [6.07, 6.45) is 1.75. The van der Waals surface area contributed by atoms with Crippen molar-refractivity contribution in [3.8, 4) is 5.69 Å². The van der Waals surface area contributed by atoms with Crippen molar-refractivity contribution in [1.82, 2.24) is 19.6 Å². The van der Waals surface area contributed by atoms with Crippen molar-refractivity contribution in [2.75, 3.05) is 58.4 Å². The van der Waals surface area contributed by atoms with Gasteiger partial charge >= 0.3 is 0 Å². The topological polar surface area (TPSA) is 53.8 Å². The molecular formula is C30H39N5O2. The first-order valence-electron chi connectivity index (χ1n) is 13.5. The van der Waals surface area contributed by atoms with Crippen LogP contribution in [0.15, 0.2) is 60.7 Å². The summed E-state index contributed by atoms with van der Waals surface area (Å²) in [7, 11) is 3.89. The number of para-hydroxylation sites is 1. The highest BCUT2D eigenvalue weighted by molar-refractivity contribution is 5.83. The van der Waals surface area contributed by atoms with Gasteiger partial charge in [0.25, 0.3) is 0 Å². The van der Waals surface area contributed by atoms with E-state index in [0.717, 1.165) is 61.8 Å². The van der Waals surface area contributed by atoms with Crippen LogP contribution in [0.4, 0.5) is 5.82 Å². The van der Waals surface area contributed by atoms with Crippen LogP contribution in [0.5, 0.6) is 0 Å². The van der Waals surface area contributed by atoms with Gasteiger partial charge in [-0.15, -0.1) is 0 Å². The van der Waals surface area contributed by atoms with Gasteiger partial charge in [0.2, 0.25) is 5.91 Å². The minimum absolute atomic E-state index is 0.0569. The number of carbonyl (C=O) groups excluding carboxylic acids is 1.